The Kier molecular flexibility index (Phi) is 4.97. The Labute approximate surface area is 131 Å². The Morgan fingerprint density at radius 1 is 1.38 bits per heavy atom. The maximum absolute atomic E-state index is 9.45. The van der Waals surface area contributed by atoms with Gasteiger partial charge in [-0.25, -0.2) is 0 Å². The number of hydrogen-bond donors (Lipinski definition) is 0. The van der Waals surface area contributed by atoms with Crippen LogP contribution < -0.4 is 0 Å². The van der Waals surface area contributed by atoms with Gasteiger partial charge in [0.15, 0.2) is 8.32 Å². The average molecular weight is 307 g/mol. The zero-order valence-corrected chi connectivity index (χ0v) is 15.3. The maximum Gasteiger partial charge on any atom is 0.192 e. The van der Waals surface area contributed by atoms with Crippen LogP contribution in [0.25, 0.3) is 0 Å². The van der Waals surface area contributed by atoms with Crippen molar-refractivity contribution >= 4 is 8.32 Å². The lowest BCUT2D eigenvalue weighted by Gasteiger charge is -2.42. The van der Waals surface area contributed by atoms with Crippen molar-refractivity contribution in [3.05, 3.63) is 11.6 Å². The molecule has 1 fully saturated rings. The van der Waals surface area contributed by atoms with E-state index < -0.39 is 8.32 Å². The molecule has 3 nitrogen and oxygen atoms in total. The maximum atomic E-state index is 9.45. The van der Waals surface area contributed by atoms with Gasteiger partial charge in [0, 0.05) is 12.6 Å². The van der Waals surface area contributed by atoms with Crippen molar-refractivity contribution in [1.82, 2.24) is 4.90 Å². The van der Waals surface area contributed by atoms with Crippen molar-refractivity contribution in [3.8, 4) is 6.07 Å². The van der Waals surface area contributed by atoms with Crippen LogP contribution in [-0.2, 0) is 4.43 Å². The van der Waals surface area contributed by atoms with E-state index in [1.807, 2.05) is 0 Å². The summed E-state index contributed by atoms with van der Waals surface area (Å²) >= 11 is 0. The molecule has 0 N–H and O–H groups in total. The Hall–Kier alpha value is -0.633. The van der Waals surface area contributed by atoms with E-state index in [9.17, 15) is 5.26 Å². The molecule has 1 saturated heterocycles. The summed E-state index contributed by atoms with van der Waals surface area (Å²) < 4.78 is 6.35. The summed E-state index contributed by atoms with van der Waals surface area (Å²) in [6.07, 6.45) is 6.97. The second kappa shape index (κ2) is 6.24. The third-order valence-electron chi connectivity index (χ3n) is 5.45. The molecule has 0 amide bonds. The molecule has 0 aromatic rings. The van der Waals surface area contributed by atoms with Crippen LogP contribution in [0.1, 0.15) is 46.5 Å². The fraction of sp³-hybridized carbons (Fsp3) is 0.824. The fourth-order valence-corrected chi connectivity index (χ4v) is 3.95. The van der Waals surface area contributed by atoms with Crippen LogP contribution >= 0.6 is 0 Å². The smallest absolute Gasteiger partial charge is 0.192 e. The summed E-state index contributed by atoms with van der Waals surface area (Å²) in [6.45, 7) is 13.2. The molecule has 2 aliphatic heterocycles. The van der Waals surface area contributed by atoms with E-state index in [0.717, 1.165) is 19.6 Å². The molecule has 0 aromatic carbocycles. The second-order valence-electron chi connectivity index (χ2n) is 8.02. The highest BCUT2D eigenvalue weighted by Crippen LogP contribution is 2.37. The highest BCUT2D eigenvalue weighted by Gasteiger charge is 2.38. The van der Waals surface area contributed by atoms with Crippen molar-refractivity contribution in [3.63, 3.8) is 0 Å². The predicted molar refractivity (Wildman–Crippen MR) is 89.6 cm³/mol. The van der Waals surface area contributed by atoms with E-state index in [1.54, 1.807) is 0 Å². The summed E-state index contributed by atoms with van der Waals surface area (Å²) in [5.41, 5.74) is 1.34. The van der Waals surface area contributed by atoms with Gasteiger partial charge in [-0.3, -0.25) is 4.90 Å². The molecule has 2 rings (SSSR count). The zero-order valence-electron chi connectivity index (χ0n) is 14.3. The van der Waals surface area contributed by atoms with E-state index in [4.69, 9.17) is 4.43 Å². The van der Waals surface area contributed by atoms with Gasteiger partial charge < -0.3 is 4.43 Å². The van der Waals surface area contributed by atoms with Crippen molar-refractivity contribution in [2.24, 2.45) is 0 Å². The lowest BCUT2D eigenvalue weighted by molar-refractivity contribution is 0.133. The Morgan fingerprint density at radius 2 is 2.10 bits per heavy atom. The largest absolute Gasteiger partial charge is 0.413 e. The van der Waals surface area contributed by atoms with Crippen LogP contribution in [0.2, 0.25) is 18.1 Å². The van der Waals surface area contributed by atoms with Gasteiger partial charge >= 0.3 is 0 Å². The van der Waals surface area contributed by atoms with Gasteiger partial charge in [-0.15, -0.1) is 0 Å². The molecule has 2 atom stereocenters. The number of rotatable bonds is 3. The molecule has 21 heavy (non-hydrogen) atoms. The van der Waals surface area contributed by atoms with Crippen molar-refractivity contribution in [1.29, 1.82) is 5.26 Å². The molecule has 0 radical (unpaired) electrons. The molecule has 2 aliphatic rings. The topological polar surface area (TPSA) is 36.3 Å². The van der Waals surface area contributed by atoms with Crippen LogP contribution in [0.3, 0.4) is 0 Å². The first-order valence-electron chi connectivity index (χ1n) is 8.23. The van der Waals surface area contributed by atoms with Gasteiger partial charge in [0.25, 0.3) is 0 Å². The van der Waals surface area contributed by atoms with Gasteiger partial charge in [0.1, 0.15) is 6.04 Å². The number of nitrogens with zero attached hydrogens (tertiary/aromatic N) is 2. The van der Waals surface area contributed by atoms with Crippen LogP contribution in [0.4, 0.5) is 0 Å². The molecule has 0 bridgehead atoms. The normalized spacial score (nSPS) is 27.7. The average Bonchev–Trinajstić information content (AvgIpc) is 2.43. The molecule has 0 aromatic heterocycles. The third-order valence-corrected chi connectivity index (χ3v) is 9.93. The van der Waals surface area contributed by atoms with Gasteiger partial charge in [-0.2, -0.15) is 5.26 Å². The standard InChI is InChI=1S/C17H30N2OSi/c1-17(2,3)21(4,5)20-13-14-10-15-8-6-7-9-19(15)16(11-14)12-18/h10,15-16H,6-9,11,13H2,1-5H3/t15-,16+/m1/s1. The van der Waals surface area contributed by atoms with Gasteiger partial charge in [-0.05, 0) is 43.0 Å². The fourth-order valence-electron chi connectivity index (χ4n) is 2.97. The zero-order chi connectivity index (χ0) is 15.7. The number of hydrogen-bond acceptors (Lipinski definition) is 3. The summed E-state index contributed by atoms with van der Waals surface area (Å²) in [5.74, 6) is 0. The first-order chi connectivity index (χ1) is 9.74. The van der Waals surface area contributed by atoms with Crippen molar-refractivity contribution in [2.45, 2.75) is 76.7 Å². The SMILES string of the molecule is CC(C)(C)[Si](C)(C)OCC1=C[C@H]2CCCCN2[C@H](C#N)C1. The summed E-state index contributed by atoms with van der Waals surface area (Å²) in [5, 5.41) is 9.70. The Morgan fingerprint density at radius 3 is 2.71 bits per heavy atom. The summed E-state index contributed by atoms with van der Waals surface area (Å²) in [4.78, 5) is 2.39. The molecular weight excluding hydrogens is 276 g/mol. The highest BCUT2D eigenvalue weighted by molar-refractivity contribution is 6.74. The molecule has 0 aliphatic carbocycles. The van der Waals surface area contributed by atoms with E-state index in [-0.39, 0.29) is 11.1 Å². The van der Waals surface area contributed by atoms with Crippen LogP contribution in [0.15, 0.2) is 11.6 Å². The van der Waals surface area contributed by atoms with E-state index in [2.05, 4.69) is 50.9 Å². The molecule has 0 saturated carbocycles. The quantitative estimate of drug-likeness (QED) is 0.582. The minimum Gasteiger partial charge on any atom is -0.413 e. The minimum absolute atomic E-state index is 0.0540. The van der Waals surface area contributed by atoms with Crippen LogP contribution in [-0.4, -0.2) is 38.5 Å². The lowest BCUT2D eigenvalue weighted by atomic mass is 9.90. The number of piperidine rings is 1. The van der Waals surface area contributed by atoms with Crippen LogP contribution in [0.5, 0.6) is 0 Å². The Bertz CT molecular complexity index is 445. The molecular formula is C17H30N2OSi. The third kappa shape index (κ3) is 3.77. The lowest BCUT2D eigenvalue weighted by Crippen LogP contribution is -2.48. The van der Waals surface area contributed by atoms with E-state index >= 15 is 0 Å². The van der Waals surface area contributed by atoms with E-state index in [0.29, 0.717) is 6.04 Å². The van der Waals surface area contributed by atoms with Crippen molar-refractivity contribution in [2.75, 3.05) is 13.2 Å². The summed E-state index contributed by atoms with van der Waals surface area (Å²) in [6, 6.07) is 3.02. The molecule has 4 heteroatoms. The first kappa shape index (κ1) is 16.7. The second-order valence-corrected chi connectivity index (χ2v) is 12.8. The monoisotopic (exact) mass is 306 g/mol. The summed E-state index contributed by atoms with van der Waals surface area (Å²) in [7, 11) is -1.70. The van der Waals surface area contributed by atoms with Crippen LogP contribution in [0, 0.1) is 11.3 Å². The molecule has 0 unspecified atom stereocenters. The van der Waals surface area contributed by atoms with Gasteiger partial charge in [0.2, 0.25) is 0 Å². The van der Waals surface area contributed by atoms with Gasteiger partial charge in [-0.1, -0.05) is 33.3 Å². The number of nitriles is 1. The Balaban J connectivity index is 2.04. The number of fused-ring (bicyclic) bond motifs is 1. The molecule has 118 valence electrons. The predicted octanol–water partition coefficient (Wildman–Crippen LogP) is 4.08. The van der Waals surface area contributed by atoms with Gasteiger partial charge in [0.05, 0.1) is 12.7 Å². The molecule has 2 heterocycles. The van der Waals surface area contributed by atoms with Crippen molar-refractivity contribution < 1.29 is 4.43 Å². The van der Waals surface area contributed by atoms with E-state index in [1.165, 1.54) is 24.8 Å². The molecule has 0 spiro atoms. The highest BCUT2D eigenvalue weighted by atomic mass is 28.4. The first-order valence-corrected chi connectivity index (χ1v) is 11.1. The minimum atomic E-state index is -1.70.